The standard InChI is InChI=1S/C17H26N2OS/c1-3-19(4-2)11-13-21-14-12-20-17-9-5-7-16(15-17)8-6-10-18/h5,7,9,15H,3-4,10-14,18H2,1-2H3. The van der Waals surface area contributed by atoms with Gasteiger partial charge >= 0.3 is 0 Å². The predicted octanol–water partition coefficient (Wildman–Crippen LogP) is 2.45. The van der Waals surface area contributed by atoms with Crippen molar-refractivity contribution in [2.75, 3.05) is 44.3 Å². The summed E-state index contributed by atoms with van der Waals surface area (Å²) in [5, 5.41) is 0. The van der Waals surface area contributed by atoms with E-state index in [4.69, 9.17) is 10.5 Å². The van der Waals surface area contributed by atoms with Gasteiger partial charge in [0.15, 0.2) is 0 Å². The van der Waals surface area contributed by atoms with Gasteiger partial charge in [-0.15, -0.1) is 0 Å². The molecule has 0 amide bonds. The molecular formula is C17H26N2OS. The molecule has 3 nitrogen and oxygen atoms in total. The average molecular weight is 306 g/mol. The Kier molecular flexibility index (Phi) is 9.81. The van der Waals surface area contributed by atoms with E-state index in [1.807, 2.05) is 36.0 Å². The predicted molar refractivity (Wildman–Crippen MR) is 93.0 cm³/mol. The van der Waals surface area contributed by atoms with E-state index < -0.39 is 0 Å². The minimum absolute atomic E-state index is 0.383. The molecule has 0 aromatic heterocycles. The number of nitrogens with zero attached hydrogens (tertiary/aromatic N) is 1. The van der Waals surface area contributed by atoms with Crippen molar-refractivity contribution in [3.05, 3.63) is 29.8 Å². The van der Waals surface area contributed by atoms with Gasteiger partial charge < -0.3 is 15.4 Å². The lowest BCUT2D eigenvalue weighted by atomic mass is 10.2. The average Bonchev–Trinajstić information content (AvgIpc) is 2.53. The second-order valence-electron chi connectivity index (χ2n) is 4.52. The molecule has 0 aliphatic heterocycles. The number of rotatable bonds is 9. The molecule has 0 unspecified atom stereocenters. The Labute approximate surface area is 133 Å². The van der Waals surface area contributed by atoms with Crippen LogP contribution in [-0.4, -0.2) is 49.2 Å². The monoisotopic (exact) mass is 306 g/mol. The van der Waals surface area contributed by atoms with Crippen molar-refractivity contribution in [2.45, 2.75) is 13.8 Å². The Morgan fingerprint density at radius 1 is 1.24 bits per heavy atom. The van der Waals surface area contributed by atoms with Gasteiger partial charge in [-0.3, -0.25) is 0 Å². The molecule has 0 bridgehead atoms. The number of nitrogens with two attached hydrogens (primary N) is 1. The van der Waals surface area contributed by atoms with Gasteiger partial charge in [0.05, 0.1) is 13.2 Å². The maximum absolute atomic E-state index is 5.75. The van der Waals surface area contributed by atoms with E-state index in [1.165, 1.54) is 0 Å². The van der Waals surface area contributed by atoms with Crippen LogP contribution in [0.4, 0.5) is 0 Å². The SMILES string of the molecule is CCN(CC)CCSCCOc1cccc(C#CCN)c1. The van der Waals surface area contributed by atoms with Gasteiger partial charge in [0.25, 0.3) is 0 Å². The Bertz CT molecular complexity index is 450. The van der Waals surface area contributed by atoms with E-state index in [2.05, 4.69) is 30.6 Å². The number of hydrogen-bond donors (Lipinski definition) is 1. The molecule has 1 rings (SSSR count). The van der Waals surface area contributed by atoms with E-state index in [0.29, 0.717) is 6.54 Å². The van der Waals surface area contributed by atoms with Crippen LogP contribution in [0, 0.1) is 11.8 Å². The third-order valence-electron chi connectivity index (χ3n) is 3.11. The zero-order valence-electron chi connectivity index (χ0n) is 13.1. The van der Waals surface area contributed by atoms with Gasteiger partial charge in [-0.05, 0) is 31.3 Å². The van der Waals surface area contributed by atoms with E-state index >= 15 is 0 Å². The topological polar surface area (TPSA) is 38.5 Å². The highest BCUT2D eigenvalue weighted by atomic mass is 32.2. The Morgan fingerprint density at radius 3 is 2.76 bits per heavy atom. The molecule has 0 radical (unpaired) electrons. The molecule has 4 heteroatoms. The molecule has 116 valence electrons. The van der Waals surface area contributed by atoms with Crippen LogP contribution in [0.1, 0.15) is 19.4 Å². The van der Waals surface area contributed by atoms with Crippen molar-refractivity contribution in [3.8, 4) is 17.6 Å². The van der Waals surface area contributed by atoms with Gasteiger partial charge in [0.2, 0.25) is 0 Å². The van der Waals surface area contributed by atoms with Crippen molar-refractivity contribution in [1.29, 1.82) is 0 Å². The fraction of sp³-hybridized carbons (Fsp3) is 0.529. The Balaban J connectivity index is 2.21. The first-order valence-corrected chi connectivity index (χ1v) is 8.67. The zero-order valence-corrected chi connectivity index (χ0v) is 13.9. The highest BCUT2D eigenvalue weighted by Crippen LogP contribution is 2.13. The summed E-state index contributed by atoms with van der Waals surface area (Å²) in [4.78, 5) is 2.44. The normalized spacial score (nSPS) is 10.3. The Morgan fingerprint density at radius 2 is 2.05 bits per heavy atom. The zero-order chi connectivity index (χ0) is 15.3. The summed E-state index contributed by atoms with van der Waals surface area (Å²) in [5.74, 6) is 8.92. The lowest BCUT2D eigenvalue weighted by Crippen LogP contribution is -2.25. The molecule has 0 fully saturated rings. The third-order valence-corrected chi connectivity index (χ3v) is 4.04. The molecule has 1 aromatic rings. The molecule has 0 aliphatic rings. The summed E-state index contributed by atoms with van der Waals surface area (Å²) in [5.41, 5.74) is 6.32. The van der Waals surface area contributed by atoms with E-state index in [0.717, 1.165) is 49.1 Å². The molecule has 0 saturated heterocycles. The fourth-order valence-corrected chi connectivity index (χ4v) is 2.66. The Hall–Kier alpha value is -1.15. The first kappa shape index (κ1) is 17.9. The van der Waals surface area contributed by atoms with Gasteiger partial charge in [-0.25, -0.2) is 0 Å². The van der Waals surface area contributed by atoms with Gasteiger partial charge in [0, 0.05) is 23.6 Å². The first-order valence-electron chi connectivity index (χ1n) is 7.52. The summed E-state index contributed by atoms with van der Waals surface area (Å²) < 4.78 is 5.75. The summed E-state index contributed by atoms with van der Waals surface area (Å²) in [6.45, 7) is 8.94. The van der Waals surface area contributed by atoms with Crippen LogP contribution in [0.5, 0.6) is 5.75 Å². The van der Waals surface area contributed by atoms with Crippen molar-refractivity contribution >= 4 is 11.8 Å². The largest absolute Gasteiger partial charge is 0.493 e. The van der Waals surface area contributed by atoms with Crippen molar-refractivity contribution < 1.29 is 4.74 Å². The highest BCUT2D eigenvalue weighted by Gasteiger charge is 1.99. The summed E-state index contributed by atoms with van der Waals surface area (Å²) in [7, 11) is 0. The minimum Gasteiger partial charge on any atom is -0.493 e. The smallest absolute Gasteiger partial charge is 0.120 e. The van der Waals surface area contributed by atoms with Crippen LogP contribution in [0.3, 0.4) is 0 Å². The van der Waals surface area contributed by atoms with Crippen LogP contribution in [0.2, 0.25) is 0 Å². The molecule has 0 atom stereocenters. The number of benzene rings is 1. The first-order chi connectivity index (χ1) is 10.3. The number of hydrogen-bond acceptors (Lipinski definition) is 4. The number of thioether (sulfide) groups is 1. The van der Waals surface area contributed by atoms with Crippen LogP contribution in [0.15, 0.2) is 24.3 Å². The lowest BCUT2D eigenvalue weighted by Gasteiger charge is -2.17. The molecule has 21 heavy (non-hydrogen) atoms. The molecule has 0 spiro atoms. The van der Waals surface area contributed by atoms with Gasteiger partial charge in [-0.2, -0.15) is 11.8 Å². The number of ether oxygens (including phenoxy) is 1. The van der Waals surface area contributed by atoms with Crippen LogP contribution >= 0.6 is 11.8 Å². The lowest BCUT2D eigenvalue weighted by molar-refractivity contribution is 0.323. The van der Waals surface area contributed by atoms with Crippen molar-refractivity contribution in [1.82, 2.24) is 4.90 Å². The van der Waals surface area contributed by atoms with Gasteiger partial charge in [-0.1, -0.05) is 31.8 Å². The van der Waals surface area contributed by atoms with Crippen molar-refractivity contribution in [3.63, 3.8) is 0 Å². The summed E-state index contributed by atoms with van der Waals surface area (Å²) in [6, 6.07) is 7.86. The molecular weight excluding hydrogens is 280 g/mol. The van der Waals surface area contributed by atoms with E-state index in [-0.39, 0.29) is 0 Å². The third kappa shape index (κ3) is 8.01. The fourth-order valence-electron chi connectivity index (χ4n) is 1.87. The second-order valence-corrected chi connectivity index (χ2v) is 5.75. The minimum atomic E-state index is 0.383. The maximum Gasteiger partial charge on any atom is 0.120 e. The van der Waals surface area contributed by atoms with Crippen LogP contribution < -0.4 is 10.5 Å². The highest BCUT2D eigenvalue weighted by molar-refractivity contribution is 7.99. The van der Waals surface area contributed by atoms with E-state index in [1.54, 1.807) is 0 Å². The molecule has 2 N–H and O–H groups in total. The maximum atomic E-state index is 5.75. The van der Waals surface area contributed by atoms with Crippen LogP contribution in [-0.2, 0) is 0 Å². The summed E-state index contributed by atoms with van der Waals surface area (Å²) >= 11 is 1.94. The summed E-state index contributed by atoms with van der Waals surface area (Å²) in [6.07, 6.45) is 0. The molecule has 0 aliphatic carbocycles. The second kappa shape index (κ2) is 11.5. The quantitative estimate of drug-likeness (QED) is 0.562. The van der Waals surface area contributed by atoms with E-state index in [9.17, 15) is 0 Å². The van der Waals surface area contributed by atoms with Crippen LogP contribution in [0.25, 0.3) is 0 Å². The molecule has 0 saturated carbocycles. The van der Waals surface area contributed by atoms with Crippen molar-refractivity contribution in [2.24, 2.45) is 5.73 Å². The molecule has 0 heterocycles. The molecule has 1 aromatic carbocycles. The van der Waals surface area contributed by atoms with Gasteiger partial charge in [0.1, 0.15) is 5.75 Å².